The summed E-state index contributed by atoms with van der Waals surface area (Å²) in [6.07, 6.45) is 1.63. The van der Waals surface area contributed by atoms with Crippen molar-refractivity contribution in [1.29, 1.82) is 0 Å². The summed E-state index contributed by atoms with van der Waals surface area (Å²) in [6.45, 7) is 4.95. The highest BCUT2D eigenvalue weighted by Crippen LogP contribution is 2.13. The van der Waals surface area contributed by atoms with Gasteiger partial charge in [0.15, 0.2) is 0 Å². The first-order valence-corrected chi connectivity index (χ1v) is 7.07. The fraction of sp³-hybridized carbons (Fsp3) is 0.400. The van der Waals surface area contributed by atoms with Crippen molar-refractivity contribution < 1.29 is 13.9 Å². The van der Waals surface area contributed by atoms with Crippen molar-refractivity contribution in [3.8, 4) is 5.75 Å². The number of hydrogen-bond acceptors (Lipinski definition) is 4. The van der Waals surface area contributed by atoms with Crippen molar-refractivity contribution in [3.05, 3.63) is 42.0 Å². The standard InChI is InChI=1S/C15H19FN4O2/c1-11(2)7-17-15(21)9-20-8-13(18-19-20)10-22-14-5-3-4-12(16)6-14/h3-6,8,11H,7,9-10H2,1-2H3,(H,17,21). The van der Waals surface area contributed by atoms with Gasteiger partial charge in [-0.05, 0) is 18.1 Å². The van der Waals surface area contributed by atoms with Gasteiger partial charge < -0.3 is 10.1 Å². The molecule has 0 radical (unpaired) electrons. The molecule has 0 aliphatic rings. The Bertz CT molecular complexity index is 628. The van der Waals surface area contributed by atoms with Crippen LogP contribution in [-0.4, -0.2) is 27.4 Å². The first kappa shape index (κ1) is 15.9. The third-order valence-electron chi connectivity index (χ3n) is 2.78. The zero-order valence-corrected chi connectivity index (χ0v) is 12.6. The van der Waals surface area contributed by atoms with Gasteiger partial charge in [-0.1, -0.05) is 25.1 Å². The Balaban J connectivity index is 1.82. The highest BCUT2D eigenvalue weighted by Gasteiger charge is 2.07. The molecule has 0 aliphatic heterocycles. The van der Waals surface area contributed by atoms with Crippen LogP contribution in [0.1, 0.15) is 19.5 Å². The summed E-state index contributed by atoms with van der Waals surface area (Å²) >= 11 is 0. The summed E-state index contributed by atoms with van der Waals surface area (Å²) in [5.74, 6) is 0.346. The number of carbonyl (C=O) groups is 1. The Hall–Kier alpha value is -2.44. The molecule has 1 N–H and O–H groups in total. The lowest BCUT2D eigenvalue weighted by molar-refractivity contribution is -0.122. The minimum Gasteiger partial charge on any atom is -0.487 e. The van der Waals surface area contributed by atoms with Gasteiger partial charge in [0.25, 0.3) is 0 Å². The normalized spacial score (nSPS) is 10.7. The molecule has 118 valence electrons. The minimum atomic E-state index is -0.358. The largest absolute Gasteiger partial charge is 0.487 e. The van der Waals surface area contributed by atoms with E-state index in [4.69, 9.17) is 4.74 Å². The zero-order valence-electron chi connectivity index (χ0n) is 12.6. The number of hydrogen-bond donors (Lipinski definition) is 1. The second-order valence-corrected chi connectivity index (χ2v) is 5.35. The SMILES string of the molecule is CC(C)CNC(=O)Cn1cc(COc2cccc(F)c2)nn1. The maximum absolute atomic E-state index is 13.0. The van der Waals surface area contributed by atoms with Crippen LogP contribution in [-0.2, 0) is 17.9 Å². The number of carbonyl (C=O) groups excluding carboxylic acids is 1. The lowest BCUT2D eigenvalue weighted by Gasteiger charge is -2.06. The molecule has 0 fully saturated rings. The van der Waals surface area contributed by atoms with E-state index in [0.29, 0.717) is 23.9 Å². The Labute approximate surface area is 128 Å². The molecule has 1 heterocycles. The van der Waals surface area contributed by atoms with E-state index in [-0.39, 0.29) is 24.9 Å². The molecule has 7 heteroatoms. The number of nitrogens with one attached hydrogen (secondary N) is 1. The molecule has 0 spiro atoms. The number of rotatable bonds is 7. The van der Waals surface area contributed by atoms with Crippen LogP contribution in [0.2, 0.25) is 0 Å². The van der Waals surface area contributed by atoms with Crippen molar-refractivity contribution >= 4 is 5.91 Å². The van der Waals surface area contributed by atoms with Crippen LogP contribution in [0.25, 0.3) is 0 Å². The Morgan fingerprint density at radius 3 is 3.00 bits per heavy atom. The third kappa shape index (κ3) is 5.16. The molecule has 0 unspecified atom stereocenters. The van der Waals surface area contributed by atoms with E-state index >= 15 is 0 Å². The molecule has 1 aromatic carbocycles. The Kier molecular flexibility index (Phi) is 5.46. The number of ether oxygens (including phenoxy) is 1. The molecule has 2 aromatic rings. The van der Waals surface area contributed by atoms with Gasteiger partial charge in [0.1, 0.15) is 30.4 Å². The van der Waals surface area contributed by atoms with Gasteiger partial charge in [0.2, 0.25) is 5.91 Å². The fourth-order valence-corrected chi connectivity index (χ4v) is 1.72. The average molecular weight is 306 g/mol. The molecule has 22 heavy (non-hydrogen) atoms. The minimum absolute atomic E-state index is 0.111. The van der Waals surface area contributed by atoms with Gasteiger partial charge in [-0.2, -0.15) is 0 Å². The molecule has 1 aromatic heterocycles. The molecule has 0 saturated heterocycles. The second kappa shape index (κ2) is 7.53. The number of halogens is 1. The first-order chi connectivity index (χ1) is 10.5. The quantitative estimate of drug-likeness (QED) is 0.846. The Morgan fingerprint density at radius 1 is 1.45 bits per heavy atom. The van der Waals surface area contributed by atoms with E-state index in [2.05, 4.69) is 15.6 Å². The monoisotopic (exact) mass is 306 g/mol. The van der Waals surface area contributed by atoms with Crippen LogP contribution in [0.4, 0.5) is 4.39 Å². The lowest BCUT2D eigenvalue weighted by atomic mass is 10.2. The van der Waals surface area contributed by atoms with Crippen LogP contribution in [0.5, 0.6) is 5.75 Å². The smallest absolute Gasteiger partial charge is 0.241 e. The van der Waals surface area contributed by atoms with Crippen molar-refractivity contribution in [2.45, 2.75) is 27.0 Å². The summed E-state index contributed by atoms with van der Waals surface area (Å²) in [6, 6.07) is 5.87. The van der Waals surface area contributed by atoms with Crippen LogP contribution in [0.15, 0.2) is 30.5 Å². The molecular weight excluding hydrogens is 287 g/mol. The third-order valence-corrected chi connectivity index (χ3v) is 2.78. The zero-order chi connectivity index (χ0) is 15.9. The van der Waals surface area contributed by atoms with Crippen LogP contribution in [0, 0.1) is 11.7 Å². The predicted molar refractivity (Wildman–Crippen MR) is 78.6 cm³/mol. The van der Waals surface area contributed by atoms with Gasteiger partial charge in [0.05, 0.1) is 6.20 Å². The number of aromatic nitrogens is 3. The van der Waals surface area contributed by atoms with E-state index in [9.17, 15) is 9.18 Å². The highest BCUT2D eigenvalue weighted by molar-refractivity contribution is 5.75. The maximum Gasteiger partial charge on any atom is 0.241 e. The topological polar surface area (TPSA) is 69.0 Å². The average Bonchev–Trinajstić information content (AvgIpc) is 2.90. The summed E-state index contributed by atoms with van der Waals surface area (Å²) < 4.78 is 19.9. The number of benzene rings is 1. The molecular formula is C15H19FN4O2. The van der Waals surface area contributed by atoms with E-state index in [1.807, 2.05) is 13.8 Å². The van der Waals surface area contributed by atoms with Gasteiger partial charge in [-0.3, -0.25) is 4.79 Å². The lowest BCUT2D eigenvalue weighted by Crippen LogP contribution is -2.30. The fourth-order valence-electron chi connectivity index (χ4n) is 1.72. The van der Waals surface area contributed by atoms with E-state index < -0.39 is 0 Å². The van der Waals surface area contributed by atoms with Gasteiger partial charge in [0, 0.05) is 12.6 Å². The highest BCUT2D eigenvalue weighted by atomic mass is 19.1. The summed E-state index contributed by atoms with van der Waals surface area (Å²) in [5.41, 5.74) is 0.570. The molecule has 0 bridgehead atoms. The number of amides is 1. The van der Waals surface area contributed by atoms with Crippen LogP contribution < -0.4 is 10.1 Å². The van der Waals surface area contributed by atoms with E-state index in [1.165, 1.54) is 16.8 Å². The second-order valence-electron chi connectivity index (χ2n) is 5.35. The summed E-state index contributed by atoms with van der Waals surface area (Å²) in [7, 11) is 0. The summed E-state index contributed by atoms with van der Waals surface area (Å²) in [5, 5.41) is 10.6. The Morgan fingerprint density at radius 2 is 2.27 bits per heavy atom. The maximum atomic E-state index is 13.0. The van der Waals surface area contributed by atoms with Gasteiger partial charge in [-0.15, -0.1) is 5.10 Å². The van der Waals surface area contributed by atoms with Crippen molar-refractivity contribution in [3.63, 3.8) is 0 Å². The molecule has 2 rings (SSSR count). The van der Waals surface area contributed by atoms with E-state index in [1.54, 1.807) is 18.3 Å². The van der Waals surface area contributed by atoms with Crippen LogP contribution in [0.3, 0.4) is 0 Å². The first-order valence-electron chi connectivity index (χ1n) is 7.07. The molecule has 6 nitrogen and oxygen atoms in total. The summed E-state index contributed by atoms with van der Waals surface area (Å²) in [4.78, 5) is 11.7. The van der Waals surface area contributed by atoms with Gasteiger partial charge >= 0.3 is 0 Å². The van der Waals surface area contributed by atoms with Crippen molar-refractivity contribution in [2.75, 3.05) is 6.54 Å². The van der Waals surface area contributed by atoms with Crippen molar-refractivity contribution in [2.24, 2.45) is 5.92 Å². The molecule has 0 saturated carbocycles. The number of nitrogens with zero attached hydrogens (tertiary/aromatic N) is 3. The van der Waals surface area contributed by atoms with Crippen LogP contribution >= 0.6 is 0 Å². The molecule has 0 atom stereocenters. The van der Waals surface area contributed by atoms with E-state index in [0.717, 1.165) is 0 Å². The molecule has 1 amide bonds. The molecule has 0 aliphatic carbocycles. The predicted octanol–water partition coefficient (Wildman–Crippen LogP) is 1.77. The van der Waals surface area contributed by atoms with Crippen molar-refractivity contribution in [1.82, 2.24) is 20.3 Å². The van der Waals surface area contributed by atoms with Gasteiger partial charge in [-0.25, -0.2) is 9.07 Å².